The minimum absolute atomic E-state index is 0.00133. The van der Waals surface area contributed by atoms with Crippen LogP contribution in [0.4, 0.5) is 26.3 Å². The highest BCUT2D eigenvalue weighted by molar-refractivity contribution is 7.16. The van der Waals surface area contributed by atoms with Gasteiger partial charge in [-0.1, -0.05) is 13.2 Å². The molecule has 18 nitrogen and oxygen atoms in total. The van der Waals surface area contributed by atoms with Crippen LogP contribution in [-0.2, 0) is 66.4 Å². The molecule has 1 aliphatic carbocycles. The van der Waals surface area contributed by atoms with Gasteiger partial charge in [-0.3, -0.25) is 0 Å². The van der Waals surface area contributed by atoms with E-state index in [1.54, 1.807) is 0 Å². The maximum Gasteiger partial charge on any atom is 0.380 e. The van der Waals surface area contributed by atoms with Crippen molar-refractivity contribution in [1.29, 1.82) is 0 Å². The quantitative estimate of drug-likeness (QED) is 0.0134. The number of carbonyl (C=O) groups is 6. The van der Waals surface area contributed by atoms with Crippen LogP contribution >= 0.6 is 22.7 Å². The van der Waals surface area contributed by atoms with Crippen molar-refractivity contribution in [3.63, 3.8) is 0 Å². The molecule has 0 aliphatic heterocycles. The van der Waals surface area contributed by atoms with Gasteiger partial charge in [-0.25, -0.2) is 28.8 Å². The van der Waals surface area contributed by atoms with E-state index in [1.807, 2.05) is 0 Å². The molecule has 0 fully saturated rings. The zero-order valence-electron chi connectivity index (χ0n) is 47.3. The maximum atomic E-state index is 16.6. The fourth-order valence-corrected chi connectivity index (χ4v) is 10.1. The van der Waals surface area contributed by atoms with Crippen LogP contribution < -0.4 is 0 Å². The summed E-state index contributed by atoms with van der Waals surface area (Å²) in [5.41, 5.74) is -5.72. The minimum Gasteiger partial charge on any atom is -0.463 e. The summed E-state index contributed by atoms with van der Waals surface area (Å²) in [7, 11) is 3.04. The zero-order valence-corrected chi connectivity index (χ0v) is 48.9. The van der Waals surface area contributed by atoms with Gasteiger partial charge in [-0.2, -0.15) is 26.3 Å². The molecule has 5 rings (SSSR count). The van der Waals surface area contributed by atoms with Crippen LogP contribution in [0.1, 0.15) is 88.0 Å². The molecule has 1 aliphatic rings. The average Bonchev–Trinajstić information content (AvgIpc) is 1.55. The Kier molecular flexibility index (Phi) is 27.4. The second-order valence-corrected chi connectivity index (χ2v) is 20.9. The van der Waals surface area contributed by atoms with Gasteiger partial charge >= 0.3 is 53.6 Å². The van der Waals surface area contributed by atoms with Gasteiger partial charge < -0.3 is 56.8 Å². The number of esters is 6. The van der Waals surface area contributed by atoms with Crippen LogP contribution in [0.15, 0.2) is 73.8 Å². The van der Waals surface area contributed by atoms with Gasteiger partial charge in [-0.15, -0.1) is 22.7 Å². The van der Waals surface area contributed by atoms with E-state index < -0.39 is 75.9 Å². The van der Waals surface area contributed by atoms with E-state index >= 15 is 26.3 Å². The fraction of sp³-hybridized carbons (Fsp3) is 0.458. The number of ether oxygens (including phenoxy) is 12. The lowest BCUT2D eigenvalue weighted by Gasteiger charge is -2.25. The first kappa shape index (κ1) is 69.0. The highest BCUT2D eigenvalue weighted by Crippen LogP contribution is 2.66. The number of carbonyl (C=O) groups excluding carboxylic acids is 6. The van der Waals surface area contributed by atoms with Crippen molar-refractivity contribution in [2.75, 3.05) is 120 Å². The van der Waals surface area contributed by atoms with Gasteiger partial charge in [0.15, 0.2) is 0 Å². The number of aryl methyl sites for hydroxylation is 2. The Balaban J connectivity index is 1.52. The number of allylic oxidation sites excluding steroid dienone is 2. The first-order chi connectivity index (χ1) is 40.6. The van der Waals surface area contributed by atoms with Crippen molar-refractivity contribution in [2.24, 2.45) is 0 Å². The molecule has 464 valence electrons. The summed E-state index contributed by atoms with van der Waals surface area (Å²) < 4.78 is 161. The van der Waals surface area contributed by atoms with Gasteiger partial charge in [0.1, 0.15) is 13.2 Å². The summed E-state index contributed by atoms with van der Waals surface area (Å²) in [6.45, 7) is 10.4. The second-order valence-electron chi connectivity index (χ2n) is 18.4. The van der Waals surface area contributed by atoms with E-state index in [2.05, 4.69) is 13.2 Å². The van der Waals surface area contributed by atoms with Crippen molar-refractivity contribution < 1.29 is 112 Å². The van der Waals surface area contributed by atoms with Crippen LogP contribution in [0.2, 0.25) is 0 Å². The number of thiophene rings is 2. The largest absolute Gasteiger partial charge is 0.463 e. The summed E-state index contributed by atoms with van der Waals surface area (Å²) in [4.78, 5) is 76.6. The van der Waals surface area contributed by atoms with E-state index in [-0.39, 0.29) is 158 Å². The third-order valence-electron chi connectivity index (χ3n) is 12.3. The molecule has 0 unspecified atom stereocenters. The third kappa shape index (κ3) is 19.1. The Labute approximate surface area is 494 Å². The SMILES string of the molecule is C=CC(=O)OCCCCOC(=O)c1cc(C(=O)OCCCCOC(=O)C=C)cc(-c2cc(C3=C(c4cc(-c5cc(C(=O)OCCOCCOCCOC)cc(C(=O)OCCOCCOCCOC)c5)sc4C)C(F)(F)C(F)(F)C3(F)F)c(C)s2)c1. The molecular formula is C59H66F6O18S2. The molecule has 0 radical (unpaired) electrons. The molecule has 0 atom stereocenters. The Morgan fingerprint density at radius 2 is 0.694 bits per heavy atom. The summed E-state index contributed by atoms with van der Waals surface area (Å²) in [5.74, 6) is -22.1. The Morgan fingerprint density at radius 1 is 0.412 bits per heavy atom. The molecule has 85 heavy (non-hydrogen) atoms. The van der Waals surface area contributed by atoms with E-state index in [0.29, 0.717) is 26.4 Å². The molecule has 2 aromatic carbocycles. The molecule has 2 aromatic heterocycles. The number of hydrogen-bond acceptors (Lipinski definition) is 20. The van der Waals surface area contributed by atoms with E-state index in [1.165, 1.54) is 52.3 Å². The van der Waals surface area contributed by atoms with Crippen molar-refractivity contribution in [3.8, 4) is 20.9 Å². The Hall–Kier alpha value is -6.78. The lowest BCUT2D eigenvalue weighted by Crippen LogP contribution is -2.48. The van der Waals surface area contributed by atoms with Crippen LogP contribution in [0.5, 0.6) is 0 Å². The Bertz CT molecular complexity index is 2870. The van der Waals surface area contributed by atoms with Gasteiger partial charge in [0.2, 0.25) is 0 Å². The van der Waals surface area contributed by atoms with Crippen molar-refractivity contribution >= 4 is 69.6 Å². The van der Waals surface area contributed by atoms with Crippen LogP contribution in [-0.4, -0.2) is 174 Å². The molecule has 0 N–H and O–H groups in total. The fourth-order valence-electron chi connectivity index (χ4n) is 8.04. The van der Waals surface area contributed by atoms with Crippen molar-refractivity contribution in [2.45, 2.75) is 57.3 Å². The number of alkyl halides is 6. The van der Waals surface area contributed by atoms with Crippen molar-refractivity contribution in [1.82, 2.24) is 0 Å². The molecule has 0 saturated heterocycles. The highest BCUT2D eigenvalue weighted by atomic mass is 32.1. The predicted molar refractivity (Wildman–Crippen MR) is 300 cm³/mol. The lowest BCUT2D eigenvalue weighted by molar-refractivity contribution is -0.254. The van der Waals surface area contributed by atoms with Crippen molar-refractivity contribution in [3.05, 3.63) is 117 Å². The van der Waals surface area contributed by atoms with Gasteiger partial charge in [-0.05, 0) is 110 Å². The normalized spacial score (nSPS) is 14.0. The number of benzene rings is 2. The summed E-state index contributed by atoms with van der Waals surface area (Å²) >= 11 is 1.44. The minimum atomic E-state index is -5.99. The highest BCUT2D eigenvalue weighted by Gasteiger charge is 2.80. The van der Waals surface area contributed by atoms with Crippen LogP contribution in [0.25, 0.3) is 32.0 Å². The zero-order chi connectivity index (χ0) is 62.2. The number of rotatable bonds is 38. The van der Waals surface area contributed by atoms with Gasteiger partial charge in [0.25, 0.3) is 0 Å². The average molecular weight is 1240 g/mol. The predicted octanol–water partition coefficient (Wildman–Crippen LogP) is 10.6. The van der Waals surface area contributed by atoms with Gasteiger partial charge in [0, 0.05) is 57.0 Å². The van der Waals surface area contributed by atoms with E-state index in [9.17, 15) is 28.8 Å². The molecule has 0 saturated carbocycles. The third-order valence-corrected chi connectivity index (χ3v) is 14.5. The molecule has 0 bridgehead atoms. The molecule has 26 heteroatoms. The van der Waals surface area contributed by atoms with Gasteiger partial charge in [0.05, 0.1) is 115 Å². The number of methoxy groups -OCH3 is 2. The van der Waals surface area contributed by atoms with E-state index in [0.717, 1.165) is 59.1 Å². The molecule has 0 spiro atoms. The standard InChI is InChI=1S/C59H66F6O18S2/c1-7-49(66)78-13-9-11-15-80-53(68)41-29-39(30-42(33-41)54(69)81-16-12-10-14-79-50(67)8-2)47-35-45(37(3)84-47)51-52(58(62,63)59(64,65)57(51,60)61)46-36-48(85-38(46)4)40-31-43(55(70)82-27-25-76-23-21-74-19-17-72-5)34-44(32-40)56(71)83-28-26-77-24-22-75-20-18-73-6/h7-8,29-36H,1-2,9-28H2,3-6H3. The summed E-state index contributed by atoms with van der Waals surface area (Å²) in [5, 5.41) is 0. The number of hydrogen-bond donors (Lipinski definition) is 0. The maximum absolute atomic E-state index is 16.6. The molecule has 0 amide bonds. The monoisotopic (exact) mass is 1240 g/mol. The first-order valence-electron chi connectivity index (χ1n) is 26.6. The summed E-state index contributed by atoms with van der Waals surface area (Å²) in [6.07, 6.45) is 3.01. The first-order valence-corrected chi connectivity index (χ1v) is 28.2. The molecule has 2 heterocycles. The Morgan fingerprint density at radius 3 is 1.00 bits per heavy atom. The van der Waals surface area contributed by atoms with Crippen LogP contribution in [0, 0.1) is 13.8 Å². The second kappa shape index (κ2) is 33.8. The number of unbranched alkanes of at least 4 members (excludes halogenated alkanes) is 2. The molecular weight excluding hydrogens is 1170 g/mol. The van der Waals surface area contributed by atoms with Crippen LogP contribution in [0.3, 0.4) is 0 Å². The topological polar surface area (TPSA) is 213 Å². The molecule has 4 aromatic rings. The van der Waals surface area contributed by atoms with E-state index in [4.69, 9.17) is 56.8 Å². The lowest BCUT2D eigenvalue weighted by atomic mass is 9.94. The number of halogens is 6. The smallest absolute Gasteiger partial charge is 0.380 e. The summed E-state index contributed by atoms with van der Waals surface area (Å²) in [6, 6.07) is 9.21.